The standard InChI is InChI=1S/C14H23N3O/c1-11-8-12(10-15-2)9-14(16-11)17(6-7-18-3)13-4-5-13/h8-9,13,15H,4-7,10H2,1-3H3. The zero-order valence-electron chi connectivity index (χ0n) is 11.6. The zero-order valence-corrected chi connectivity index (χ0v) is 11.6. The third-order valence-corrected chi connectivity index (χ3v) is 3.20. The van der Waals surface area contributed by atoms with Gasteiger partial charge in [0.25, 0.3) is 0 Å². The van der Waals surface area contributed by atoms with Crippen LogP contribution in [0.2, 0.25) is 0 Å². The molecule has 1 N–H and O–H groups in total. The van der Waals surface area contributed by atoms with Crippen LogP contribution in [0.5, 0.6) is 0 Å². The number of nitrogens with zero attached hydrogens (tertiary/aromatic N) is 2. The highest BCUT2D eigenvalue weighted by atomic mass is 16.5. The van der Waals surface area contributed by atoms with E-state index in [1.165, 1.54) is 18.4 Å². The van der Waals surface area contributed by atoms with Gasteiger partial charge in [0, 0.05) is 31.9 Å². The molecule has 1 aromatic heterocycles. The number of pyridine rings is 1. The molecule has 0 spiro atoms. The fourth-order valence-corrected chi connectivity index (χ4v) is 2.23. The Bertz CT molecular complexity index is 391. The summed E-state index contributed by atoms with van der Waals surface area (Å²) in [4.78, 5) is 7.06. The highest BCUT2D eigenvalue weighted by molar-refractivity contribution is 5.45. The van der Waals surface area contributed by atoms with Gasteiger partial charge in [0.1, 0.15) is 5.82 Å². The van der Waals surface area contributed by atoms with Crippen LogP contribution in [-0.4, -0.2) is 38.3 Å². The Labute approximate surface area is 109 Å². The summed E-state index contributed by atoms with van der Waals surface area (Å²) in [6.45, 7) is 4.63. The minimum absolute atomic E-state index is 0.664. The maximum absolute atomic E-state index is 5.20. The van der Waals surface area contributed by atoms with Crippen molar-refractivity contribution in [1.29, 1.82) is 0 Å². The van der Waals surface area contributed by atoms with Crippen LogP contribution in [0, 0.1) is 6.92 Å². The van der Waals surface area contributed by atoms with Gasteiger partial charge in [0.2, 0.25) is 0 Å². The molecule has 0 saturated heterocycles. The molecule has 0 radical (unpaired) electrons. The maximum atomic E-state index is 5.20. The second-order valence-electron chi connectivity index (χ2n) is 4.92. The number of rotatable bonds is 7. The second-order valence-corrected chi connectivity index (χ2v) is 4.92. The highest BCUT2D eigenvalue weighted by Gasteiger charge is 2.29. The molecule has 0 aliphatic heterocycles. The van der Waals surface area contributed by atoms with E-state index in [1.807, 2.05) is 7.05 Å². The topological polar surface area (TPSA) is 37.4 Å². The first-order valence-corrected chi connectivity index (χ1v) is 6.62. The summed E-state index contributed by atoms with van der Waals surface area (Å²) in [7, 11) is 3.72. The first kappa shape index (κ1) is 13.3. The van der Waals surface area contributed by atoms with Crippen molar-refractivity contribution in [3.8, 4) is 0 Å². The average molecular weight is 249 g/mol. The Morgan fingerprint density at radius 3 is 2.83 bits per heavy atom. The smallest absolute Gasteiger partial charge is 0.129 e. The van der Waals surface area contributed by atoms with E-state index in [2.05, 4.69) is 34.3 Å². The van der Waals surface area contributed by atoms with E-state index in [-0.39, 0.29) is 0 Å². The molecule has 1 heterocycles. The lowest BCUT2D eigenvalue weighted by atomic mass is 10.2. The Hall–Kier alpha value is -1.13. The molecule has 4 nitrogen and oxygen atoms in total. The third-order valence-electron chi connectivity index (χ3n) is 3.20. The lowest BCUT2D eigenvalue weighted by Crippen LogP contribution is -2.30. The van der Waals surface area contributed by atoms with E-state index in [4.69, 9.17) is 4.74 Å². The minimum atomic E-state index is 0.664. The van der Waals surface area contributed by atoms with Crippen LogP contribution in [0.4, 0.5) is 5.82 Å². The van der Waals surface area contributed by atoms with E-state index < -0.39 is 0 Å². The molecule has 18 heavy (non-hydrogen) atoms. The summed E-state index contributed by atoms with van der Waals surface area (Å²) in [5.41, 5.74) is 2.38. The van der Waals surface area contributed by atoms with Crippen LogP contribution in [0.25, 0.3) is 0 Å². The Balaban J connectivity index is 2.17. The lowest BCUT2D eigenvalue weighted by molar-refractivity contribution is 0.204. The first-order valence-electron chi connectivity index (χ1n) is 6.62. The third kappa shape index (κ3) is 3.43. The molecule has 2 rings (SSSR count). The number of anilines is 1. The number of aromatic nitrogens is 1. The van der Waals surface area contributed by atoms with Gasteiger partial charge < -0.3 is 15.0 Å². The molecule has 100 valence electrons. The molecule has 1 aliphatic carbocycles. The van der Waals surface area contributed by atoms with Gasteiger partial charge in [-0.3, -0.25) is 0 Å². The van der Waals surface area contributed by atoms with Crippen LogP contribution in [0.3, 0.4) is 0 Å². The van der Waals surface area contributed by atoms with Crippen molar-refractivity contribution in [1.82, 2.24) is 10.3 Å². The van der Waals surface area contributed by atoms with Crippen molar-refractivity contribution < 1.29 is 4.74 Å². The summed E-state index contributed by atoms with van der Waals surface area (Å²) >= 11 is 0. The Morgan fingerprint density at radius 2 is 2.22 bits per heavy atom. The molecule has 0 unspecified atom stereocenters. The average Bonchev–Trinajstić information content (AvgIpc) is 3.14. The number of methoxy groups -OCH3 is 1. The van der Waals surface area contributed by atoms with Crippen molar-refractivity contribution in [2.24, 2.45) is 0 Å². The van der Waals surface area contributed by atoms with E-state index >= 15 is 0 Å². The number of ether oxygens (including phenoxy) is 1. The van der Waals surface area contributed by atoms with Crippen molar-refractivity contribution >= 4 is 5.82 Å². The first-order chi connectivity index (χ1) is 8.74. The summed E-state index contributed by atoms with van der Waals surface area (Å²) in [5, 5.41) is 3.19. The maximum Gasteiger partial charge on any atom is 0.129 e. The monoisotopic (exact) mass is 249 g/mol. The quantitative estimate of drug-likeness (QED) is 0.798. The molecule has 1 aliphatic rings. The molecule has 1 aromatic rings. The van der Waals surface area contributed by atoms with Gasteiger partial charge in [-0.05, 0) is 44.5 Å². The molecule has 0 aromatic carbocycles. The second kappa shape index (κ2) is 6.16. The van der Waals surface area contributed by atoms with Crippen molar-refractivity contribution in [2.75, 3.05) is 32.2 Å². The van der Waals surface area contributed by atoms with E-state index in [0.29, 0.717) is 6.04 Å². The lowest BCUT2D eigenvalue weighted by Gasteiger charge is -2.24. The van der Waals surface area contributed by atoms with Crippen molar-refractivity contribution in [3.63, 3.8) is 0 Å². The van der Waals surface area contributed by atoms with E-state index in [1.54, 1.807) is 7.11 Å². The van der Waals surface area contributed by atoms with Crippen LogP contribution >= 0.6 is 0 Å². The van der Waals surface area contributed by atoms with Gasteiger partial charge >= 0.3 is 0 Å². The molecule has 1 saturated carbocycles. The molecular weight excluding hydrogens is 226 g/mol. The fraction of sp³-hybridized carbons (Fsp3) is 0.643. The molecule has 4 heteroatoms. The van der Waals surface area contributed by atoms with Crippen molar-refractivity contribution in [3.05, 3.63) is 23.4 Å². The normalized spacial score (nSPS) is 14.8. The summed E-state index contributed by atoms with van der Waals surface area (Å²) in [6.07, 6.45) is 2.56. The van der Waals surface area contributed by atoms with Gasteiger partial charge in [-0.15, -0.1) is 0 Å². The number of nitrogens with one attached hydrogen (secondary N) is 1. The zero-order chi connectivity index (χ0) is 13.0. The van der Waals surface area contributed by atoms with E-state index in [0.717, 1.165) is 31.2 Å². The van der Waals surface area contributed by atoms with Crippen LogP contribution < -0.4 is 10.2 Å². The molecule has 0 bridgehead atoms. The summed E-state index contributed by atoms with van der Waals surface area (Å²) < 4.78 is 5.20. The predicted molar refractivity (Wildman–Crippen MR) is 74.0 cm³/mol. The van der Waals surface area contributed by atoms with Crippen LogP contribution in [0.1, 0.15) is 24.1 Å². The van der Waals surface area contributed by atoms with Gasteiger partial charge in [-0.2, -0.15) is 0 Å². The Kier molecular flexibility index (Phi) is 4.55. The molecule has 0 amide bonds. The fourth-order valence-electron chi connectivity index (χ4n) is 2.23. The SMILES string of the molecule is CNCc1cc(C)nc(N(CCOC)C2CC2)c1. The summed E-state index contributed by atoms with van der Waals surface area (Å²) in [5.74, 6) is 1.10. The Morgan fingerprint density at radius 1 is 1.44 bits per heavy atom. The van der Waals surface area contributed by atoms with Gasteiger partial charge in [-0.1, -0.05) is 0 Å². The van der Waals surface area contributed by atoms with E-state index in [9.17, 15) is 0 Å². The van der Waals surface area contributed by atoms with Crippen LogP contribution in [-0.2, 0) is 11.3 Å². The number of hydrogen-bond acceptors (Lipinski definition) is 4. The molecule has 1 fully saturated rings. The summed E-state index contributed by atoms with van der Waals surface area (Å²) in [6, 6.07) is 5.00. The van der Waals surface area contributed by atoms with Gasteiger partial charge in [0.15, 0.2) is 0 Å². The van der Waals surface area contributed by atoms with Crippen molar-refractivity contribution in [2.45, 2.75) is 32.4 Å². The molecule has 0 atom stereocenters. The number of aryl methyl sites for hydroxylation is 1. The highest BCUT2D eigenvalue weighted by Crippen LogP contribution is 2.31. The van der Waals surface area contributed by atoms with Gasteiger partial charge in [-0.25, -0.2) is 4.98 Å². The molecular formula is C14H23N3O. The minimum Gasteiger partial charge on any atom is -0.383 e. The van der Waals surface area contributed by atoms with Gasteiger partial charge in [0.05, 0.1) is 6.61 Å². The number of hydrogen-bond donors (Lipinski definition) is 1. The largest absolute Gasteiger partial charge is 0.383 e. The van der Waals surface area contributed by atoms with Crippen LogP contribution in [0.15, 0.2) is 12.1 Å². The predicted octanol–water partition coefficient (Wildman–Crippen LogP) is 1.72.